The highest BCUT2D eigenvalue weighted by atomic mass is 32.2. The van der Waals surface area contributed by atoms with Crippen LogP contribution in [0.5, 0.6) is 11.5 Å². The topological polar surface area (TPSA) is 97.5 Å². The number of rotatable bonds is 7. The van der Waals surface area contributed by atoms with Crippen LogP contribution in [0.2, 0.25) is 0 Å². The Hall–Kier alpha value is -3.00. The number of ether oxygens (including phenoxy) is 2. The Labute approximate surface area is 163 Å². The molecule has 8 heteroatoms. The number of amides is 1. The number of hydrogen-bond donors (Lipinski definition) is 2. The Bertz CT molecular complexity index is 1120. The molecule has 2 aromatic carbocycles. The van der Waals surface area contributed by atoms with Gasteiger partial charge in [-0.3, -0.25) is 9.52 Å². The van der Waals surface area contributed by atoms with Gasteiger partial charge in [-0.15, -0.1) is 0 Å². The zero-order valence-electron chi connectivity index (χ0n) is 15.9. The van der Waals surface area contributed by atoms with E-state index in [-0.39, 0.29) is 6.42 Å². The number of carbonyl (C=O) groups is 1. The summed E-state index contributed by atoms with van der Waals surface area (Å²) in [6.07, 6.45) is 1.38. The maximum atomic E-state index is 12.0. The molecule has 3 rings (SSSR count). The quantitative estimate of drug-likeness (QED) is 0.633. The average Bonchev–Trinajstić information content (AvgIpc) is 3.02. The lowest BCUT2D eigenvalue weighted by molar-refractivity contribution is -0.119. The maximum Gasteiger partial charge on any atom is 0.233 e. The molecule has 1 heterocycles. The van der Waals surface area contributed by atoms with Crippen LogP contribution in [0.1, 0.15) is 12.0 Å². The van der Waals surface area contributed by atoms with Gasteiger partial charge >= 0.3 is 0 Å². The largest absolute Gasteiger partial charge is 0.497 e. The van der Waals surface area contributed by atoms with E-state index >= 15 is 0 Å². The lowest BCUT2D eigenvalue weighted by Crippen LogP contribution is -2.29. The number of nitrogens with one attached hydrogen (secondary N) is 2. The van der Waals surface area contributed by atoms with Crippen molar-refractivity contribution >= 4 is 26.8 Å². The van der Waals surface area contributed by atoms with Crippen molar-refractivity contribution in [3.05, 3.63) is 48.0 Å². The number of aromatic amines is 1. The molecule has 1 aromatic heterocycles. The Balaban J connectivity index is 2.04. The average molecular weight is 402 g/mol. The van der Waals surface area contributed by atoms with Crippen LogP contribution < -0.4 is 14.2 Å². The van der Waals surface area contributed by atoms with E-state index < -0.39 is 15.9 Å². The summed E-state index contributed by atoms with van der Waals surface area (Å²) < 4.78 is 35.4. The molecule has 0 bridgehead atoms. The number of sulfonamides is 1. The van der Waals surface area contributed by atoms with E-state index in [1.165, 1.54) is 0 Å². The van der Waals surface area contributed by atoms with Gasteiger partial charge in [-0.25, -0.2) is 8.42 Å². The fraction of sp³-hybridized carbons (Fsp3) is 0.250. The van der Waals surface area contributed by atoms with E-state index in [0.717, 1.165) is 34.0 Å². The second-order valence-corrected chi connectivity index (χ2v) is 8.14. The van der Waals surface area contributed by atoms with Crippen LogP contribution in [-0.2, 0) is 21.2 Å². The predicted molar refractivity (Wildman–Crippen MR) is 108 cm³/mol. The summed E-state index contributed by atoms with van der Waals surface area (Å²) >= 11 is 0. The first kappa shape index (κ1) is 19.8. The van der Waals surface area contributed by atoms with Gasteiger partial charge < -0.3 is 14.5 Å². The summed E-state index contributed by atoms with van der Waals surface area (Å²) in [6, 6.07) is 13.3. The molecule has 0 aliphatic heterocycles. The van der Waals surface area contributed by atoms with Gasteiger partial charge in [-0.1, -0.05) is 18.2 Å². The van der Waals surface area contributed by atoms with Gasteiger partial charge in [0.1, 0.15) is 11.5 Å². The summed E-state index contributed by atoms with van der Waals surface area (Å²) in [5, 5.41) is 0.975. The number of carbonyl (C=O) groups excluding carboxylic acids is 1. The number of aromatic nitrogens is 1. The fourth-order valence-corrected chi connectivity index (χ4v) is 3.71. The Morgan fingerprint density at radius 1 is 1.11 bits per heavy atom. The predicted octanol–water partition coefficient (Wildman–Crippen LogP) is 2.86. The molecule has 0 spiro atoms. The third-order valence-corrected chi connectivity index (χ3v) is 4.99. The molecule has 1 amide bonds. The Morgan fingerprint density at radius 2 is 1.86 bits per heavy atom. The lowest BCUT2D eigenvalue weighted by Gasteiger charge is -2.11. The monoisotopic (exact) mass is 402 g/mol. The second kappa shape index (κ2) is 7.93. The van der Waals surface area contributed by atoms with Gasteiger partial charge in [0, 0.05) is 29.0 Å². The highest BCUT2D eigenvalue weighted by Gasteiger charge is 2.18. The van der Waals surface area contributed by atoms with Crippen molar-refractivity contribution in [2.24, 2.45) is 0 Å². The Kier molecular flexibility index (Phi) is 5.60. The molecular weight excluding hydrogens is 380 g/mol. The highest BCUT2D eigenvalue weighted by molar-refractivity contribution is 7.89. The van der Waals surface area contributed by atoms with Crippen molar-refractivity contribution < 1.29 is 22.7 Å². The highest BCUT2D eigenvalue weighted by Crippen LogP contribution is 2.38. The van der Waals surface area contributed by atoms with Crippen molar-refractivity contribution in [1.82, 2.24) is 9.71 Å². The van der Waals surface area contributed by atoms with E-state index in [1.54, 1.807) is 20.3 Å². The van der Waals surface area contributed by atoms with Crippen molar-refractivity contribution in [1.29, 1.82) is 0 Å². The first-order valence-corrected chi connectivity index (χ1v) is 10.5. The standard InChI is InChI=1S/C20H22N2O5S/c1-26-13-8-9-16(18(12-13)27-2)20-15(10-11-19(23)22-28(3,24)25)14-6-4-5-7-17(14)21-20/h4-9,12,21H,10-11H2,1-3H3,(H,22,23). The number of H-pyrrole nitrogens is 1. The number of methoxy groups -OCH3 is 2. The zero-order chi connectivity index (χ0) is 20.3. The van der Waals surface area contributed by atoms with Crippen molar-refractivity contribution in [3.8, 4) is 22.8 Å². The van der Waals surface area contributed by atoms with Crippen LogP contribution in [0.25, 0.3) is 22.2 Å². The van der Waals surface area contributed by atoms with Crippen molar-refractivity contribution in [2.45, 2.75) is 12.8 Å². The molecular formula is C20H22N2O5S. The smallest absolute Gasteiger partial charge is 0.233 e. The van der Waals surface area contributed by atoms with E-state index in [2.05, 4.69) is 4.98 Å². The number of hydrogen-bond acceptors (Lipinski definition) is 5. The number of fused-ring (bicyclic) bond motifs is 1. The number of benzene rings is 2. The minimum Gasteiger partial charge on any atom is -0.497 e. The van der Waals surface area contributed by atoms with E-state index in [9.17, 15) is 13.2 Å². The minimum atomic E-state index is -3.58. The summed E-state index contributed by atoms with van der Waals surface area (Å²) in [4.78, 5) is 15.4. The first-order valence-electron chi connectivity index (χ1n) is 8.65. The molecule has 0 saturated carbocycles. The van der Waals surface area contributed by atoms with Gasteiger partial charge in [-0.05, 0) is 30.2 Å². The molecule has 28 heavy (non-hydrogen) atoms. The summed E-state index contributed by atoms with van der Waals surface area (Å²) in [5.74, 6) is 0.763. The molecule has 0 aliphatic carbocycles. The van der Waals surface area contributed by atoms with Gasteiger partial charge in [-0.2, -0.15) is 0 Å². The van der Waals surface area contributed by atoms with Gasteiger partial charge in [0.25, 0.3) is 0 Å². The van der Waals surface area contributed by atoms with Gasteiger partial charge in [0.15, 0.2) is 0 Å². The summed E-state index contributed by atoms with van der Waals surface area (Å²) in [5.41, 5.74) is 3.50. The Morgan fingerprint density at radius 3 is 2.54 bits per heavy atom. The molecule has 2 N–H and O–H groups in total. The second-order valence-electron chi connectivity index (χ2n) is 6.39. The third-order valence-electron chi connectivity index (χ3n) is 4.39. The molecule has 0 radical (unpaired) electrons. The molecule has 0 atom stereocenters. The molecule has 0 fully saturated rings. The van der Waals surface area contributed by atoms with Crippen LogP contribution in [0, 0.1) is 0 Å². The van der Waals surface area contributed by atoms with Crippen LogP contribution in [0.4, 0.5) is 0 Å². The van der Waals surface area contributed by atoms with E-state index in [4.69, 9.17) is 9.47 Å². The molecule has 0 unspecified atom stereocenters. The fourth-order valence-electron chi connectivity index (χ4n) is 3.19. The van der Waals surface area contributed by atoms with E-state index in [1.807, 2.05) is 41.1 Å². The molecule has 0 saturated heterocycles. The van der Waals surface area contributed by atoms with Crippen LogP contribution >= 0.6 is 0 Å². The molecule has 3 aromatic rings. The van der Waals surface area contributed by atoms with Gasteiger partial charge in [0.2, 0.25) is 15.9 Å². The molecule has 7 nitrogen and oxygen atoms in total. The molecule has 0 aliphatic rings. The number of aryl methyl sites for hydroxylation is 1. The lowest BCUT2D eigenvalue weighted by atomic mass is 10.00. The number of para-hydroxylation sites is 1. The molecule has 148 valence electrons. The van der Waals surface area contributed by atoms with Crippen LogP contribution in [0.3, 0.4) is 0 Å². The van der Waals surface area contributed by atoms with Crippen molar-refractivity contribution in [2.75, 3.05) is 20.5 Å². The van der Waals surface area contributed by atoms with E-state index in [0.29, 0.717) is 17.9 Å². The summed E-state index contributed by atoms with van der Waals surface area (Å²) in [7, 11) is -0.409. The van der Waals surface area contributed by atoms with Gasteiger partial charge in [0.05, 0.1) is 26.2 Å². The summed E-state index contributed by atoms with van der Waals surface area (Å²) in [6.45, 7) is 0. The first-order chi connectivity index (χ1) is 13.3. The van der Waals surface area contributed by atoms with Crippen molar-refractivity contribution in [3.63, 3.8) is 0 Å². The normalized spacial score (nSPS) is 11.4. The third kappa shape index (κ3) is 4.28. The van der Waals surface area contributed by atoms with Crippen LogP contribution in [-0.4, -0.2) is 39.8 Å². The maximum absolute atomic E-state index is 12.0. The zero-order valence-corrected chi connectivity index (χ0v) is 16.7. The van der Waals surface area contributed by atoms with Crippen LogP contribution in [0.15, 0.2) is 42.5 Å². The minimum absolute atomic E-state index is 0.0421. The SMILES string of the molecule is COc1ccc(-c2[nH]c3ccccc3c2CCC(=O)NS(C)(=O)=O)c(OC)c1.